The highest BCUT2D eigenvalue weighted by Gasteiger charge is 2.30. The molecule has 2 aromatic rings. The first-order valence-electron chi connectivity index (χ1n) is 7.70. The molecule has 2 amide bonds. The van der Waals surface area contributed by atoms with Gasteiger partial charge < -0.3 is 19.8 Å². The van der Waals surface area contributed by atoms with Crippen LogP contribution in [0.1, 0.15) is 12.2 Å². The molecule has 1 saturated heterocycles. The Kier molecular flexibility index (Phi) is 5.69. The summed E-state index contributed by atoms with van der Waals surface area (Å²) < 4.78 is 10.2. The van der Waals surface area contributed by atoms with Gasteiger partial charge in [-0.05, 0) is 36.4 Å². The first-order valence-corrected chi connectivity index (χ1v) is 8.58. The number of benzene rings is 1. The zero-order chi connectivity index (χ0) is 18.4. The van der Waals surface area contributed by atoms with Gasteiger partial charge in [0, 0.05) is 12.1 Å². The number of nitrogens with zero attached hydrogens (tertiary/aromatic N) is 2. The lowest BCUT2D eigenvalue weighted by Gasteiger charge is -2.21. The van der Waals surface area contributed by atoms with Crippen molar-refractivity contribution in [3.8, 4) is 5.75 Å². The third kappa shape index (κ3) is 4.73. The molecule has 134 valence electrons. The fourth-order valence-electron chi connectivity index (χ4n) is 2.14. The van der Waals surface area contributed by atoms with E-state index in [9.17, 15) is 9.59 Å². The minimum absolute atomic E-state index is 0.0631. The number of furan rings is 1. The molecule has 1 fully saturated rings. The second-order valence-corrected chi connectivity index (χ2v) is 6.43. The Morgan fingerprint density at radius 3 is 2.88 bits per heavy atom. The van der Waals surface area contributed by atoms with Gasteiger partial charge in [0.05, 0.1) is 19.6 Å². The molecule has 1 atom stereocenters. The summed E-state index contributed by atoms with van der Waals surface area (Å²) in [4.78, 5) is 24.3. The first kappa shape index (κ1) is 17.7. The largest absolute Gasteiger partial charge is 0.497 e. The standard InChI is InChI=1S/C17H16N4O4S/c1-24-12-6-4-11(5-7-12)19-16(23)14-9-15(22)20-17(26-14)21-18-10-13-3-2-8-25-13/h2-8,10,14H,9H2,1H3,(H,19,23)(H,20,21,22)/b18-10+/t14-/m0/s1. The highest BCUT2D eigenvalue weighted by atomic mass is 32.2. The number of carbonyl (C=O) groups excluding carboxylic acids is 2. The van der Waals surface area contributed by atoms with Crippen molar-refractivity contribution in [1.29, 1.82) is 0 Å². The monoisotopic (exact) mass is 372 g/mol. The zero-order valence-electron chi connectivity index (χ0n) is 13.8. The fourth-order valence-corrected chi connectivity index (χ4v) is 3.08. The highest BCUT2D eigenvalue weighted by Crippen LogP contribution is 2.23. The molecule has 1 aromatic heterocycles. The van der Waals surface area contributed by atoms with Gasteiger partial charge in [0.25, 0.3) is 0 Å². The number of amides is 2. The molecule has 1 aliphatic heterocycles. The topological polar surface area (TPSA) is 105 Å². The van der Waals surface area contributed by atoms with Gasteiger partial charge in [0.2, 0.25) is 11.8 Å². The molecule has 26 heavy (non-hydrogen) atoms. The lowest BCUT2D eigenvalue weighted by molar-refractivity contribution is -0.123. The van der Waals surface area contributed by atoms with Crippen LogP contribution in [0.25, 0.3) is 0 Å². The first-order chi connectivity index (χ1) is 12.6. The predicted octanol–water partition coefficient (Wildman–Crippen LogP) is 2.24. The fraction of sp³-hybridized carbons (Fsp3) is 0.176. The number of amidine groups is 1. The van der Waals surface area contributed by atoms with Crippen LogP contribution in [-0.2, 0) is 9.59 Å². The van der Waals surface area contributed by atoms with E-state index in [-0.39, 0.29) is 23.4 Å². The number of methoxy groups -OCH3 is 1. The van der Waals surface area contributed by atoms with Crippen molar-refractivity contribution in [2.45, 2.75) is 11.7 Å². The number of anilines is 1. The van der Waals surface area contributed by atoms with Gasteiger partial charge in [-0.3, -0.25) is 9.59 Å². The summed E-state index contributed by atoms with van der Waals surface area (Å²) in [6, 6.07) is 10.4. The van der Waals surface area contributed by atoms with Crippen molar-refractivity contribution in [2.75, 3.05) is 12.4 Å². The van der Waals surface area contributed by atoms with Crippen LogP contribution in [0.3, 0.4) is 0 Å². The highest BCUT2D eigenvalue weighted by molar-refractivity contribution is 8.15. The number of nitrogens with one attached hydrogen (secondary N) is 2. The van der Waals surface area contributed by atoms with E-state index in [4.69, 9.17) is 9.15 Å². The number of carbonyl (C=O) groups is 2. The Balaban J connectivity index is 1.63. The van der Waals surface area contributed by atoms with E-state index in [1.807, 2.05) is 0 Å². The SMILES string of the molecule is COc1ccc(NC(=O)[C@@H]2CC(=O)NC(=N/N=C/c3ccco3)S2)cc1. The summed E-state index contributed by atoms with van der Waals surface area (Å²) in [5, 5.41) is 12.8. The molecule has 0 saturated carbocycles. The molecule has 0 bridgehead atoms. The molecule has 3 rings (SSSR count). The van der Waals surface area contributed by atoms with Crippen LogP contribution in [0, 0.1) is 0 Å². The smallest absolute Gasteiger partial charge is 0.238 e. The molecule has 2 heterocycles. The number of thioether (sulfide) groups is 1. The van der Waals surface area contributed by atoms with Crippen LogP contribution in [0.5, 0.6) is 5.75 Å². The molecular formula is C17H16N4O4S. The Bertz CT molecular complexity index is 831. The average Bonchev–Trinajstić information content (AvgIpc) is 3.15. The van der Waals surface area contributed by atoms with Crippen molar-refractivity contribution < 1.29 is 18.7 Å². The van der Waals surface area contributed by atoms with E-state index in [1.165, 1.54) is 12.5 Å². The molecule has 9 heteroatoms. The summed E-state index contributed by atoms with van der Waals surface area (Å²) in [5.74, 6) is 0.664. The van der Waals surface area contributed by atoms with E-state index in [0.29, 0.717) is 17.2 Å². The van der Waals surface area contributed by atoms with Crippen LogP contribution >= 0.6 is 11.8 Å². The number of rotatable bonds is 5. The van der Waals surface area contributed by atoms with E-state index in [1.54, 1.807) is 43.5 Å². The number of hydrogen-bond acceptors (Lipinski definition) is 7. The Labute approximate surface area is 153 Å². The van der Waals surface area contributed by atoms with Gasteiger partial charge in [-0.1, -0.05) is 11.8 Å². The lowest BCUT2D eigenvalue weighted by Crippen LogP contribution is -2.41. The van der Waals surface area contributed by atoms with Crippen molar-refractivity contribution in [1.82, 2.24) is 5.32 Å². The minimum Gasteiger partial charge on any atom is -0.497 e. The zero-order valence-corrected chi connectivity index (χ0v) is 14.7. The summed E-state index contributed by atoms with van der Waals surface area (Å²) in [7, 11) is 1.57. The van der Waals surface area contributed by atoms with Crippen molar-refractivity contribution in [2.24, 2.45) is 10.2 Å². The second kappa shape index (κ2) is 8.34. The molecule has 2 N–H and O–H groups in total. The molecule has 0 unspecified atom stereocenters. The Morgan fingerprint density at radius 2 is 2.19 bits per heavy atom. The Hall–Kier alpha value is -3.07. The van der Waals surface area contributed by atoms with Gasteiger partial charge in [-0.15, -0.1) is 5.10 Å². The maximum absolute atomic E-state index is 12.4. The van der Waals surface area contributed by atoms with Gasteiger partial charge in [0.1, 0.15) is 16.8 Å². The van der Waals surface area contributed by atoms with Crippen LogP contribution < -0.4 is 15.4 Å². The maximum atomic E-state index is 12.4. The van der Waals surface area contributed by atoms with Crippen LogP contribution in [0.15, 0.2) is 57.3 Å². The summed E-state index contributed by atoms with van der Waals surface area (Å²) in [5.41, 5.74) is 0.622. The van der Waals surface area contributed by atoms with Gasteiger partial charge >= 0.3 is 0 Å². The minimum atomic E-state index is -0.594. The van der Waals surface area contributed by atoms with Crippen LogP contribution in [0.4, 0.5) is 5.69 Å². The normalized spacial score (nSPS) is 18.7. The summed E-state index contributed by atoms with van der Waals surface area (Å²) in [6.45, 7) is 0. The summed E-state index contributed by atoms with van der Waals surface area (Å²) in [6.07, 6.45) is 3.00. The van der Waals surface area contributed by atoms with Crippen molar-refractivity contribution in [3.05, 3.63) is 48.4 Å². The Morgan fingerprint density at radius 1 is 1.38 bits per heavy atom. The van der Waals surface area contributed by atoms with Gasteiger partial charge in [-0.2, -0.15) is 5.10 Å². The van der Waals surface area contributed by atoms with Crippen molar-refractivity contribution >= 4 is 40.6 Å². The van der Waals surface area contributed by atoms with E-state index < -0.39 is 5.25 Å². The van der Waals surface area contributed by atoms with Gasteiger partial charge in [0.15, 0.2) is 5.17 Å². The van der Waals surface area contributed by atoms with E-state index in [2.05, 4.69) is 20.8 Å². The van der Waals surface area contributed by atoms with E-state index >= 15 is 0 Å². The predicted molar refractivity (Wildman–Crippen MR) is 99.5 cm³/mol. The second-order valence-electron chi connectivity index (χ2n) is 5.24. The molecule has 1 aliphatic rings. The average molecular weight is 372 g/mol. The quantitative estimate of drug-likeness (QED) is 0.619. The molecule has 0 spiro atoms. The van der Waals surface area contributed by atoms with Crippen LogP contribution in [0.2, 0.25) is 0 Å². The molecule has 0 radical (unpaired) electrons. The molecule has 8 nitrogen and oxygen atoms in total. The number of ether oxygens (including phenoxy) is 1. The van der Waals surface area contributed by atoms with Crippen LogP contribution in [-0.4, -0.2) is 35.6 Å². The van der Waals surface area contributed by atoms with Crippen molar-refractivity contribution in [3.63, 3.8) is 0 Å². The molecular weight excluding hydrogens is 356 g/mol. The molecule has 0 aliphatic carbocycles. The lowest BCUT2D eigenvalue weighted by atomic mass is 10.2. The van der Waals surface area contributed by atoms with Gasteiger partial charge in [-0.25, -0.2) is 0 Å². The maximum Gasteiger partial charge on any atom is 0.238 e. The summed E-state index contributed by atoms with van der Waals surface area (Å²) >= 11 is 1.14. The third-order valence-corrected chi connectivity index (χ3v) is 4.47. The van der Waals surface area contributed by atoms with E-state index in [0.717, 1.165) is 11.8 Å². The molecule has 1 aromatic carbocycles. The number of hydrogen-bond donors (Lipinski definition) is 2. The third-order valence-electron chi connectivity index (χ3n) is 3.40.